The molecule has 0 radical (unpaired) electrons. The van der Waals surface area contributed by atoms with E-state index in [1.54, 1.807) is 0 Å². The van der Waals surface area contributed by atoms with Crippen LogP contribution in [0.1, 0.15) is 0 Å². The van der Waals surface area contributed by atoms with Crippen molar-refractivity contribution in [3.63, 3.8) is 0 Å². The second-order valence-corrected chi connectivity index (χ2v) is 4.14. The molecule has 3 nitrogen and oxygen atoms in total. The largest absolute Gasteiger partial charge is 2.00 e. The zero-order chi connectivity index (χ0) is 6.28. The number of hydrogen-bond acceptors (Lipinski definition) is 2. The van der Waals surface area contributed by atoms with Gasteiger partial charge < -0.3 is 15.5 Å². The first-order chi connectivity index (χ1) is 3.15. The Balaban J connectivity index is -0.0000000233. The van der Waals surface area contributed by atoms with E-state index in [1.165, 1.54) is 0 Å². The second-order valence-electron chi connectivity index (χ2n) is 1.46. The van der Waals surface area contributed by atoms with Crippen molar-refractivity contribution in [2.45, 2.75) is 0 Å². The molecule has 0 atom stereocenters. The molecule has 2 N–H and O–H groups in total. The minimum absolute atomic E-state index is 0. The van der Waals surface area contributed by atoms with Gasteiger partial charge in [0.15, 0.2) is 0 Å². The molecule has 0 spiro atoms. The van der Waals surface area contributed by atoms with Gasteiger partial charge in [-0.15, -0.1) is 15.6 Å². The van der Waals surface area contributed by atoms with Crippen molar-refractivity contribution in [1.29, 1.82) is 0 Å². The van der Waals surface area contributed by atoms with Crippen LogP contribution in [0.2, 0.25) is 0 Å². The van der Waals surface area contributed by atoms with Crippen molar-refractivity contribution in [2.75, 3.05) is 20.0 Å². The molecule has 0 aromatic rings. The maximum absolute atomic E-state index is 8.38. The van der Waals surface area contributed by atoms with Gasteiger partial charge in [-0.25, -0.2) is 0 Å². The minimum atomic E-state index is -1.25. The first kappa shape index (κ1) is 22.5. The van der Waals surface area contributed by atoms with Crippen LogP contribution in [0.15, 0.2) is 0 Å². The summed E-state index contributed by atoms with van der Waals surface area (Å²) in [6.07, 6.45) is 0. The molecule has 0 saturated heterocycles. The van der Waals surface area contributed by atoms with E-state index < -0.39 is 7.69 Å². The molecule has 6 heteroatoms. The Morgan fingerprint density at radius 3 is 1.11 bits per heavy atom. The Labute approximate surface area is 74.4 Å². The first-order valence-corrected chi connectivity index (χ1v) is 4.60. The molecule has 0 aromatic heterocycles. The smallest absolute Gasteiger partial charge is 0.896 e. The molecule has 0 aromatic carbocycles. The quantitative estimate of drug-likeness (QED) is 0.283. The number of rotatable bonds is 0. The van der Waals surface area contributed by atoms with Crippen molar-refractivity contribution in [3.8, 4) is 0 Å². The molecule has 52 valence electrons. The van der Waals surface area contributed by atoms with Crippen LogP contribution in [0.3, 0.4) is 0 Å². The molecule has 0 unspecified atom stereocenters. The Kier molecular flexibility index (Phi) is 57.2. The summed E-state index contributed by atoms with van der Waals surface area (Å²) in [6, 6.07) is 0. The third kappa shape index (κ3) is 358. The summed E-state index contributed by atoms with van der Waals surface area (Å²) in [6.45, 7) is 6.69. The second kappa shape index (κ2) is 22.9. The van der Waals surface area contributed by atoms with Gasteiger partial charge in [-0.1, -0.05) is 0 Å². The van der Waals surface area contributed by atoms with E-state index in [0.717, 1.165) is 0 Å². The first-order valence-electron chi connectivity index (χ1n) is 1.92. The zero-order valence-corrected chi connectivity index (χ0v) is 8.49. The van der Waals surface area contributed by atoms with Gasteiger partial charge in [0.05, 0.1) is 0 Å². The normalized spacial score (nSPS) is 5.56. The van der Waals surface area contributed by atoms with Crippen LogP contribution < -0.4 is 10.0 Å². The predicted molar refractivity (Wildman–Crippen MR) is 41.2 cm³/mol. The summed E-state index contributed by atoms with van der Waals surface area (Å²) in [4.78, 5) is 0. The monoisotopic (exact) mass is 162 g/mol. The van der Waals surface area contributed by atoms with Crippen LogP contribution in [0.4, 0.5) is 0 Å². The molecular weight excluding hydrogens is 150 g/mol. The topological polar surface area (TPSA) is 77.6 Å². The molecule has 0 saturated carbocycles. The molecule has 9 heavy (non-hydrogen) atoms. The van der Waals surface area contributed by atoms with E-state index in [1.807, 2.05) is 0 Å². The van der Waals surface area contributed by atoms with Crippen molar-refractivity contribution in [1.82, 2.24) is 0 Å². The molecule has 0 heterocycles. The third-order valence-electron chi connectivity index (χ3n) is 0. The molecular formula is C3H12BMgO3P. The molecule has 0 aliphatic carbocycles. The van der Waals surface area contributed by atoms with Gasteiger partial charge in [-0.05, 0) is 20.0 Å². The summed E-state index contributed by atoms with van der Waals surface area (Å²) in [5.41, 5.74) is 0. The Morgan fingerprint density at radius 1 is 1.11 bits per heavy atom. The average molecular weight is 162 g/mol. The van der Waals surface area contributed by atoms with Gasteiger partial charge in [0.25, 0.3) is 0 Å². The van der Waals surface area contributed by atoms with Gasteiger partial charge in [-0.2, -0.15) is 0 Å². The summed E-state index contributed by atoms with van der Waals surface area (Å²) >= 11 is 0. The fourth-order valence-corrected chi connectivity index (χ4v) is 0. The van der Waals surface area contributed by atoms with Gasteiger partial charge in [0, 0.05) is 0 Å². The molecule has 0 aliphatic heterocycles. The predicted octanol–water partition coefficient (Wildman–Crippen LogP) is -2.87. The fraction of sp³-hybridized carbons (Fsp3) is 1.00. The van der Waals surface area contributed by atoms with Crippen LogP contribution in [0.25, 0.3) is 0 Å². The Hall–Kier alpha value is 1.14. The summed E-state index contributed by atoms with van der Waals surface area (Å²) in [5, 5.41) is 16.8. The van der Waals surface area contributed by atoms with Crippen LogP contribution in [-0.4, -0.2) is 56.2 Å². The summed E-state index contributed by atoms with van der Waals surface area (Å²) in [7, 11) is -0.870. The van der Waals surface area contributed by atoms with Crippen molar-refractivity contribution >= 4 is 38.7 Å². The van der Waals surface area contributed by atoms with Crippen LogP contribution in [0, 0.1) is 0 Å². The van der Waals surface area contributed by atoms with E-state index in [-0.39, 0.29) is 28.5 Å². The minimum Gasteiger partial charge on any atom is -0.896 e. The van der Waals surface area contributed by atoms with Crippen molar-refractivity contribution < 1.29 is 15.5 Å². The van der Waals surface area contributed by atoms with E-state index in [4.69, 9.17) is 10.0 Å². The van der Waals surface area contributed by atoms with Gasteiger partial charge in [0.1, 0.15) is 0 Å². The van der Waals surface area contributed by atoms with Crippen LogP contribution in [-0.2, 0) is 0 Å². The Bertz CT molecular complexity index is 30.3. The average Bonchev–Trinajstić information content (AvgIpc) is 1.33. The third-order valence-corrected chi connectivity index (χ3v) is 0. The molecule has 0 aliphatic rings. The summed E-state index contributed by atoms with van der Waals surface area (Å²) < 4.78 is 0. The molecule has 0 rings (SSSR count). The maximum Gasteiger partial charge on any atom is 2.00 e. The molecule has 0 bridgehead atoms. The molecule has 0 amide bonds. The maximum atomic E-state index is 8.38. The van der Waals surface area contributed by atoms with Gasteiger partial charge >= 0.3 is 23.1 Å². The Morgan fingerprint density at radius 2 is 1.11 bits per heavy atom. The van der Waals surface area contributed by atoms with Crippen molar-refractivity contribution in [2.24, 2.45) is 0 Å². The van der Waals surface area contributed by atoms with E-state index >= 15 is 0 Å². The van der Waals surface area contributed by atoms with E-state index in [9.17, 15) is 0 Å². The summed E-state index contributed by atoms with van der Waals surface area (Å²) in [5.74, 6) is 0. The van der Waals surface area contributed by atoms with Crippen LogP contribution >= 0.6 is 7.92 Å². The SMILES string of the molecule is CP(C)C.O.[Mg+2].[O-]B[O-]. The zero-order valence-electron chi connectivity index (χ0n) is 6.18. The van der Waals surface area contributed by atoms with E-state index in [0.29, 0.717) is 7.92 Å². The molecule has 0 fully saturated rings. The standard InChI is InChI=1S/C3H9P.BHO2.Mg.H2O/c1-4(2)3;2-1-3;;/h1-3H3;1H;;1H2/q;-2;+2;. The van der Waals surface area contributed by atoms with Crippen molar-refractivity contribution in [3.05, 3.63) is 0 Å². The van der Waals surface area contributed by atoms with Gasteiger partial charge in [0.2, 0.25) is 0 Å². The van der Waals surface area contributed by atoms with Gasteiger partial charge in [-0.3, -0.25) is 0 Å². The number of hydrogen-bond donors (Lipinski definition) is 0. The fourth-order valence-electron chi connectivity index (χ4n) is 0. The van der Waals surface area contributed by atoms with Crippen LogP contribution in [0.5, 0.6) is 0 Å². The van der Waals surface area contributed by atoms with E-state index in [2.05, 4.69) is 20.0 Å².